The SMILES string of the molecule is CC(=O)N1CCc2c(nc([C@H]3CCCCN3C(=O)c3ccc4c(c3)OCO4)[nH]c2=O)C1. The second-order valence-corrected chi connectivity index (χ2v) is 8.15. The third kappa shape index (κ3) is 3.54. The van der Waals surface area contributed by atoms with E-state index < -0.39 is 0 Å². The molecule has 0 unspecified atom stereocenters. The van der Waals surface area contributed by atoms with E-state index in [-0.39, 0.29) is 30.2 Å². The number of aromatic nitrogens is 2. The zero-order valence-corrected chi connectivity index (χ0v) is 17.3. The van der Waals surface area contributed by atoms with Gasteiger partial charge < -0.3 is 24.3 Å². The van der Waals surface area contributed by atoms with Crippen LogP contribution in [0.5, 0.6) is 11.5 Å². The van der Waals surface area contributed by atoms with Crippen molar-refractivity contribution in [2.24, 2.45) is 0 Å². The van der Waals surface area contributed by atoms with E-state index in [0.717, 1.165) is 12.8 Å². The number of piperidine rings is 1. The number of nitrogens with zero attached hydrogens (tertiary/aromatic N) is 3. The fraction of sp³-hybridized carbons (Fsp3) is 0.455. The molecule has 1 atom stereocenters. The van der Waals surface area contributed by atoms with Crippen LogP contribution < -0.4 is 15.0 Å². The van der Waals surface area contributed by atoms with Crippen LogP contribution in [0.2, 0.25) is 0 Å². The van der Waals surface area contributed by atoms with Gasteiger partial charge in [0.2, 0.25) is 12.7 Å². The highest BCUT2D eigenvalue weighted by atomic mass is 16.7. The molecule has 1 N–H and O–H groups in total. The molecule has 3 aliphatic rings. The summed E-state index contributed by atoms with van der Waals surface area (Å²) < 4.78 is 10.7. The quantitative estimate of drug-likeness (QED) is 0.788. The van der Waals surface area contributed by atoms with Crippen molar-refractivity contribution in [2.75, 3.05) is 19.9 Å². The Labute approximate surface area is 179 Å². The van der Waals surface area contributed by atoms with Crippen LogP contribution in [0.15, 0.2) is 23.0 Å². The van der Waals surface area contributed by atoms with Crippen LogP contribution in [-0.4, -0.2) is 51.5 Å². The molecule has 2 amide bonds. The van der Waals surface area contributed by atoms with Crippen molar-refractivity contribution in [1.82, 2.24) is 19.8 Å². The Kier molecular flexibility index (Phi) is 4.88. The van der Waals surface area contributed by atoms with Gasteiger partial charge in [-0.3, -0.25) is 14.4 Å². The van der Waals surface area contributed by atoms with Gasteiger partial charge in [0, 0.05) is 31.1 Å². The molecule has 9 heteroatoms. The number of hydrogen-bond acceptors (Lipinski definition) is 6. The molecule has 0 saturated carbocycles. The molecule has 0 bridgehead atoms. The number of hydrogen-bond donors (Lipinski definition) is 1. The molecule has 1 saturated heterocycles. The molecule has 9 nitrogen and oxygen atoms in total. The molecule has 0 aliphatic carbocycles. The highest BCUT2D eigenvalue weighted by Crippen LogP contribution is 2.35. The van der Waals surface area contributed by atoms with Crippen LogP contribution in [0, 0.1) is 0 Å². The van der Waals surface area contributed by atoms with Crippen molar-refractivity contribution in [2.45, 2.75) is 45.2 Å². The normalized spacial score (nSPS) is 19.8. The highest BCUT2D eigenvalue weighted by molar-refractivity contribution is 5.95. The number of fused-ring (bicyclic) bond motifs is 2. The van der Waals surface area contributed by atoms with Gasteiger partial charge in [0.1, 0.15) is 5.82 Å². The Hall–Kier alpha value is -3.36. The van der Waals surface area contributed by atoms with Gasteiger partial charge in [-0.05, 0) is 43.9 Å². The minimum absolute atomic E-state index is 0.0356. The maximum absolute atomic E-state index is 13.4. The summed E-state index contributed by atoms with van der Waals surface area (Å²) in [6.07, 6.45) is 3.03. The summed E-state index contributed by atoms with van der Waals surface area (Å²) in [5, 5.41) is 0. The van der Waals surface area contributed by atoms with Crippen LogP contribution >= 0.6 is 0 Å². The molecule has 1 fully saturated rings. The molecule has 1 aromatic heterocycles. The Morgan fingerprint density at radius 3 is 2.84 bits per heavy atom. The third-order valence-corrected chi connectivity index (χ3v) is 6.24. The van der Waals surface area contributed by atoms with E-state index in [4.69, 9.17) is 14.5 Å². The number of ether oxygens (including phenoxy) is 2. The molecular formula is C22H24N4O5. The highest BCUT2D eigenvalue weighted by Gasteiger charge is 2.33. The first-order valence-corrected chi connectivity index (χ1v) is 10.6. The van der Waals surface area contributed by atoms with E-state index in [1.165, 1.54) is 6.92 Å². The van der Waals surface area contributed by atoms with Gasteiger partial charge in [0.15, 0.2) is 11.5 Å². The smallest absolute Gasteiger partial charge is 0.254 e. The standard InChI is InChI=1S/C22H24N4O5/c1-13(27)25-9-7-15-16(11-25)23-20(24-21(15)28)17-4-2-3-8-26(17)22(29)14-5-6-18-19(10-14)31-12-30-18/h5-6,10,17H,2-4,7-9,11-12H2,1H3,(H,23,24,28)/t17-/m1/s1. The third-order valence-electron chi connectivity index (χ3n) is 6.24. The van der Waals surface area contributed by atoms with Crippen molar-refractivity contribution >= 4 is 11.8 Å². The van der Waals surface area contributed by atoms with E-state index in [9.17, 15) is 14.4 Å². The molecular weight excluding hydrogens is 400 g/mol. The first-order chi connectivity index (χ1) is 15.0. The average molecular weight is 424 g/mol. The minimum Gasteiger partial charge on any atom is -0.454 e. The van der Waals surface area contributed by atoms with Gasteiger partial charge in [-0.2, -0.15) is 0 Å². The van der Waals surface area contributed by atoms with Crippen LogP contribution in [0.3, 0.4) is 0 Å². The Morgan fingerprint density at radius 1 is 1.16 bits per heavy atom. The lowest BCUT2D eigenvalue weighted by molar-refractivity contribution is -0.129. The van der Waals surface area contributed by atoms with Crippen molar-refractivity contribution in [3.8, 4) is 11.5 Å². The molecule has 31 heavy (non-hydrogen) atoms. The topological polar surface area (TPSA) is 105 Å². The average Bonchev–Trinajstić information content (AvgIpc) is 3.26. The predicted molar refractivity (Wildman–Crippen MR) is 110 cm³/mol. The number of H-pyrrole nitrogens is 1. The number of carbonyl (C=O) groups excluding carboxylic acids is 2. The second-order valence-electron chi connectivity index (χ2n) is 8.15. The van der Waals surface area contributed by atoms with Crippen molar-refractivity contribution < 1.29 is 19.1 Å². The molecule has 3 aliphatic heterocycles. The summed E-state index contributed by atoms with van der Waals surface area (Å²) in [6, 6.07) is 4.85. The number of benzene rings is 1. The zero-order valence-electron chi connectivity index (χ0n) is 17.3. The van der Waals surface area contributed by atoms with E-state index >= 15 is 0 Å². The summed E-state index contributed by atoms with van der Waals surface area (Å²) in [7, 11) is 0. The van der Waals surface area contributed by atoms with E-state index in [0.29, 0.717) is 66.6 Å². The van der Waals surface area contributed by atoms with Gasteiger partial charge in [-0.25, -0.2) is 4.98 Å². The lowest BCUT2D eigenvalue weighted by Crippen LogP contribution is -2.42. The van der Waals surface area contributed by atoms with E-state index in [1.54, 1.807) is 28.0 Å². The zero-order chi connectivity index (χ0) is 21.5. The van der Waals surface area contributed by atoms with Crippen LogP contribution in [0.4, 0.5) is 0 Å². The summed E-state index contributed by atoms with van der Waals surface area (Å²) in [4.78, 5) is 49.0. The largest absolute Gasteiger partial charge is 0.454 e. The van der Waals surface area contributed by atoms with Crippen molar-refractivity contribution in [1.29, 1.82) is 0 Å². The first kappa shape index (κ1) is 19.6. The van der Waals surface area contributed by atoms with Gasteiger partial charge in [-0.15, -0.1) is 0 Å². The summed E-state index contributed by atoms with van der Waals surface area (Å²) in [5.41, 5.74) is 1.59. The molecule has 5 rings (SSSR count). The predicted octanol–water partition coefficient (Wildman–Crippen LogP) is 1.77. The second kappa shape index (κ2) is 7.72. The van der Waals surface area contributed by atoms with E-state index in [1.807, 2.05) is 0 Å². The lowest BCUT2D eigenvalue weighted by Gasteiger charge is -2.36. The monoisotopic (exact) mass is 424 g/mol. The van der Waals surface area contributed by atoms with Crippen molar-refractivity contribution in [3.63, 3.8) is 0 Å². The van der Waals surface area contributed by atoms with Crippen LogP contribution in [0.25, 0.3) is 0 Å². The van der Waals surface area contributed by atoms with Gasteiger partial charge in [0.25, 0.3) is 11.5 Å². The summed E-state index contributed by atoms with van der Waals surface area (Å²) >= 11 is 0. The number of aromatic amines is 1. The van der Waals surface area contributed by atoms with Crippen molar-refractivity contribution in [3.05, 3.63) is 51.2 Å². The molecule has 0 radical (unpaired) electrons. The summed E-state index contributed by atoms with van der Waals surface area (Å²) in [6.45, 7) is 3.09. The number of carbonyl (C=O) groups is 2. The molecule has 2 aromatic rings. The fourth-order valence-corrected chi connectivity index (χ4v) is 4.54. The Balaban J connectivity index is 1.46. The first-order valence-electron chi connectivity index (χ1n) is 10.6. The van der Waals surface area contributed by atoms with Gasteiger partial charge >= 0.3 is 0 Å². The summed E-state index contributed by atoms with van der Waals surface area (Å²) in [5.74, 6) is 1.51. The molecule has 0 spiro atoms. The number of rotatable bonds is 2. The molecule has 4 heterocycles. The Morgan fingerprint density at radius 2 is 2.00 bits per heavy atom. The fourth-order valence-electron chi connectivity index (χ4n) is 4.54. The number of nitrogens with one attached hydrogen (secondary N) is 1. The maximum atomic E-state index is 13.4. The van der Waals surface area contributed by atoms with Gasteiger partial charge in [0.05, 0.1) is 18.3 Å². The Bertz CT molecular complexity index is 1110. The van der Waals surface area contributed by atoms with E-state index in [2.05, 4.69) is 4.98 Å². The minimum atomic E-state index is -0.322. The molecule has 162 valence electrons. The van der Waals surface area contributed by atoms with Gasteiger partial charge in [-0.1, -0.05) is 0 Å². The van der Waals surface area contributed by atoms with Crippen LogP contribution in [-0.2, 0) is 17.8 Å². The maximum Gasteiger partial charge on any atom is 0.254 e. The lowest BCUT2D eigenvalue weighted by atomic mass is 9.99. The molecule has 1 aromatic carbocycles. The number of amides is 2. The number of likely N-dealkylation sites (tertiary alicyclic amines) is 1. The van der Waals surface area contributed by atoms with Crippen LogP contribution in [0.1, 0.15) is 59.7 Å².